The Kier molecular flexibility index (Phi) is 12.2. The van der Waals surface area contributed by atoms with Gasteiger partial charge in [0.25, 0.3) is 0 Å². The predicted octanol–water partition coefficient (Wildman–Crippen LogP) is 7.28. The number of hydrogen-bond donors (Lipinski definition) is 0. The number of rotatable bonds is 16. The van der Waals surface area contributed by atoms with E-state index in [2.05, 4.69) is 20.8 Å². The molecule has 0 radical (unpaired) electrons. The fourth-order valence-electron chi connectivity index (χ4n) is 3.42. The quantitative estimate of drug-likeness (QED) is 0.215. The van der Waals surface area contributed by atoms with E-state index in [-0.39, 0.29) is 0 Å². The van der Waals surface area contributed by atoms with Crippen molar-refractivity contribution in [1.29, 1.82) is 0 Å². The van der Waals surface area contributed by atoms with Gasteiger partial charge in [-0.05, 0) is 18.8 Å². The molecule has 0 amide bonds. The fourth-order valence-corrected chi connectivity index (χ4v) is 3.42. The first kappa shape index (κ1) is 20.0. The van der Waals surface area contributed by atoms with Crippen molar-refractivity contribution in [2.45, 2.75) is 129 Å². The third-order valence-electron chi connectivity index (χ3n) is 5.05. The molecule has 0 spiro atoms. The minimum absolute atomic E-state index is 0.630. The molecule has 0 saturated carbocycles. The summed E-state index contributed by atoms with van der Waals surface area (Å²) in [5.41, 5.74) is 0. The first-order valence-corrected chi connectivity index (χ1v) is 10.4. The lowest BCUT2D eigenvalue weighted by atomic mass is 10.0. The van der Waals surface area contributed by atoms with Gasteiger partial charge < -0.3 is 4.74 Å². The fraction of sp³-hybridized carbons (Fsp3) is 1.00. The van der Waals surface area contributed by atoms with Gasteiger partial charge in [-0.25, -0.2) is 0 Å². The highest BCUT2D eigenvalue weighted by Crippen LogP contribution is 2.31. The SMILES string of the molecule is CCCCCCCCCCCCC1OC1CCCCC(C)C. The first-order valence-electron chi connectivity index (χ1n) is 10.4. The van der Waals surface area contributed by atoms with Gasteiger partial charge in [-0.15, -0.1) is 0 Å². The van der Waals surface area contributed by atoms with Crippen LogP contribution < -0.4 is 0 Å². The van der Waals surface area contributed by atoms with E-state index in [4.69, 9.17) is 4.74 Å². The number of epoxide rings is 1. The van der Waals surface area contributed by atoms with Crippen molar-refractivity contribution < 1.29 is 4.74 Å². The monoisotopic (exact) mass is 310 g/mol. The first-order chi connectivity index (χ1) is 10.7. The molecule has 1 aliphatic heterocycles. The molecule has 1 heteroatoms. The van der Waals surface area contributed by atoms with E-state index in [1.807, 2.05) is 0 Å². The lowest BCUT2D eigenvalue weighted by Crippen LogP contribution is -1.95. The smallest absolute Gasteiger partial charge is 0.0841 e. The summed E-state index contributed by atoms with van der Waals surface area (Å²) in [6.07, 6.45) is 22.4. The maximum atomic E-state index is 5.81. The van der Waals surface area contributed by atoms with Gasteiger partial charge >= 0.3 is 0 Å². The van der Waals surface area contributed by atoms with Crippen LogP contribution in [0.15, 0.2) is 0 Å². The standard InChI is InChI=1S/C21H42O/c1-4-5-6-7-8-9-10-11-12-13-17-20-21(22-20)18-15-14-16-19(2)3/h19-21H,4-18H2,1-3H3. The largest absolute Gasteiger partial charge is 0.370 e. The Morgan fingerprint density at radius 3 is 1.59 bits per heavy atom. The molecule has 0 aromatic rings. The van der Waals surface area contributed by atoms with Gasteiger partial charge in [0.15, 0.2) is 0 Å². The normalized spacial score (nSPS) is 20.7. The lowest BCUT2D eigenvalue weighted by Gasteiger charge is -2.03. The van der Waals surface area contributed by atoms with Crippen LogP contribution in [0, 0.1) is 5.92 Å². The Hall–Kier alpha value is -0.0400. The molecule has 2 unspecified atom stereocenters. The second-order valence-corrected chi connectivity index (χ2v) is 7.86. The zero-order valence-electron chi connectivity index (χ0n) is 15.7. The van der Waals surface area contributed by atoms with E-state index in [0.29, 0.717) is 12.2 Å². The van der Waals surface area contributed by atoms with Crippen LogP contribution in [0.2, 0.25) is 0 Å². The number of ether oxygens (including phenoxy) is 1. The predicted molar refractivity (Wildman–Crippen MR) is 98.4 cm³/mol. The van der Waals surface area contributed by atoms with E-state index < -0.39 is 0 Å². The van der Waals surface area contributed by atoms with Crippen LogP contribution in [0.3, 0.4) is 0 Å². The molecule has 1 rings (SSSR count). The van der Waals surface area contributed by atoms with Gasteiger partial charge in [0, 0.05) is 0 Å². The van der Waals surface area contributed by atoms with E-state index in [1.165, 1.54) is 96.3 Å². The van der Waals surface area contributed by atoms with Crippen molar-refractivity contribution in [2.24, 2.45) is 5.92 Å². The molecule has 1 heterocycles. The van der Waals surface area contributed by atoms with Crippen molar-refractivity contribution >= 4 is 0 Å². The lowest BCUT2D eigenvalue weighted by molar-refractivity contribution is 0.346. The number of unbranched alkanes of at least 4 members (excludes halogenated alkanes) is 10. The summed E-state index contributed by atoms with van der Waals surface area (Å²) in [4.78, 5) is 0. The second-order valence-electron chi connectivity index (χ2n) is 7.86. The molecule has 0 N–H and O–H groups in total. The average Bonchev–Trinajstić information content (AvgIpc) is 3.24. The van der Waals surface area contributed by atoms with Gasteiger partial charge in [0.05, 0.1) is 12.2 Å². The molecule has 0 aromatic carbocycles. The van der Waals surface area contributed by atoms with Crippen molar-refractivity contribution in [3.63, 3.8) is 0 Å². The molecule has 2 atom stereocenters. The summed E-state index contributed by atoms with van der Waals surface area (Å²) in [6, 6.07) is 0. The summed E-state index contributed by atoms with van der Waals surface area (Å²) in [5, 5.41) is 0. The van der Waals surface area contributed by atoms with Crippen LogP contribution >= 0.6 is 0 Å². The van der Waals surface area contributed by atoms with Crippen LogP contribution in [0.25, 0.3) is 0 Å². The summed E-state index contributed by atoms with van der Waals surface area (Å²) in [7, 11) is 0. The van der Waals surface area contributed by atoms with Crippen molar-refractivity contribution in [3.8, 4) is 0 Å². The second kappa shape index (κ2) is 13.4. The third kappa shape index (κ3) is 11.5. The van der Waals surface area contributed by atoms with Crippen LogP contribution in [-0.4, -0.2) is 12.2 Å². The molecule has 1 fully saturated rings. The van der Waals surface area contributed by atoms with Gasteiger partial charge in [0.2, 0.25) is 0 Å². The molecular weight excluding hydrogens is 268 g/mol. The van der Waals surface area contributed by atoms with Gasteiger partial charge in [-0.1, -0.05) is 104 Å². The summed E-state index contributed by atoms with van der Waals surface area (Å²) in [5.74, 6) is 0.863. The zero-order chi connectivity index (χ0) is 16.0. The molecule has 0 bridgehead atoms. The highest BCUT2D eigenvalue weighted by atomic mass is 16.6. The highest BCUT2D eigenvalue weighted by molar-refractivity contribution is 4.84. The maximum absolute atomic E-state index is 5.81. The Bertz CT molecular complexity index is 236. The van der Waals surface area contributed by atoms with Gasteiger partial charge in [0.1, 0.15) is 0 Å². The van der Waals surface area contributed by atoms with E-state index in [9.17, 15) is 0 Å². The van der Waals surface area contributed by atoms with Crippen LogP contribution in [0.5, 0.6) is 0 Å². The van der Waals surface area contributed by atoms with E-state index >= 15 is 0 Å². The molecular formula is C21H42O. The minimum Gasteiger partial charge on any atom is -0.370 e. The Labute approximate surface area is 140 Å². The molecule has 0 aliphatic carbocycles. The zero-order valence-corrected chi connectivity index (χ0v) is 15.7. The Balaban J connectivity index is 1.74. The van der Waals surface area contributed by atoms with Gasteiger partial charge in [-0.2, -0.15) is 0 Å². The Morgan fingerprint density at radius 1 is 0.636 bits per heavy atom. The third-order valence-corrected chi connectivity index (χ3v) is 5.05. The molecule has 1 nitrogen and oxygen atoms in total. The van der Waals surface area contributed by atoms with Crippen molar-refractivity contribution in [3.05, 3.63) is 0 Å². The van der Waals surface area contributed by atoms with E-state index in [0.717, 1.165) is 5.92 Å². The van der Waals surface area contributed by atoms with Crippen molar-refractivity contribution in [1.82, 2.24) is 0 Å². The van der Waals surface area contributed by atoms with Crippen LogP contribution in [-0.2, 0) is 4.74 Å². The van der Waals surface area contributed by atoms with Crippen LogP contribution in [0.1, 0.15) is 117 Å². The van der Waals surface area contributed by atoms with E-state index in [1.54, 1.807) is 0 Å². The number of hydrogen-bond acceptors (Lipinski definition) is 1. The van der Waals surface area contributed by atoms with Crippen molar-refractivity contribution in [2.75, 3.05) is 0 Å². The minimum atomic E-state index is 0.630. The van der Waals surface area contributed by atoms with Crippen LogP contribution in [0.4, 0.5) is 0 Å². The molecule has 22 heavy (non-hydrogen) atoms. The summed E-state index contributed by atoms with van der Waals surface area (Å²) < 4.78 is 5.81. The highest BCUT2D eigenvalue weighted by Gasteiger charge is 2.36. The molecule has 1 saturated heterocycles. The Morgan fingerprint density at radius 2 is 1.09 bits per heavy atom. The maximum Gasteiger partial charge on any atom is 0.0841 e. The average molecular weight is 311 g/mol. The summed E-state index contributed by atoms with van der Waals surface area (Å²) >= 11 is 0. The molecule has 0 aromatic heterocycles. The molecule has 132 valence electrons. The topological polar surface area (TPSA) is 12.5 Å². The molecule has 1 aliphatic rings. The summed E-state index contributed by atoms with van der Waals surface area (Å²) in [6.45, 7) is 6.93. The van der Waals surface area contributed by atoms with Gasteiger partial charge in [-0.3, -0.25) is 0 Å².